The Balaban J connectivity index is 4.09. The van der Waals surface area contributed by atoms with E-state index < -0.39 is 10.2 Å². The molecule has 0 spiro atoms. The Kier molecular flexibility index (Phi) is 4.69. The van der Waals surface area contributed by atoms with Crippen molar-refractivity contribution in [1.29, 1.82) is 0 Å². The van der Waals surface area contributed by atoms with Crippen LogP contribution >= 0.6 is 0 Å². The van der Waals surface area contributed by atoms with Gasteiger partial charge in [-0.2, -0.15) is 13.1 Å². The van der Waals surface area contributed by atoms with E-state index in [4.69, 9.17) is 5.11 Å². The van der Waals surface area contributed by atoms with Gasteiger partial charge in [0.05, 0.1) is 0 Å². The molecule has 0 aromatic carbocycles. The molecule has 0 aromatic heterocycles. The Bertz CT molecular complexity index is 215. The second-order valence-corrected chi connectivity index (χ2v) is 4.42. The van der Waals surface area contributed by atoms with Crippen molar-refractivity contribution in [3.8, 4) is 0 Å². The SMILES string of the molecule is CNS(=O)(=O)NC(C)C(C)CO. The maximum absolute atomic E-state index is 10.9. The van der Waals surface area contributed by atoms with Crippen LogP contribution < -0.4 is 9.44 Å². The van der Waals surface area contributed by atoms with Gasteiger partial charge in [0.25, 0.3) is 10.2 Å². The predicted octanol–water partition coefficient (Wildman–Crippen LogP) is -0.943. The van der Waals surface area contributed by atoms with Crippen LogP contribution in [0.25, 0.3) is 0 Å². The molecule has 0 aliphatic heterocycles. The topological polar surface area (TPSA) is 78.4 Å². The minimum atomic E-state index is -3.38. The Hall–Kier alpha value is -0.170. The van der Waals surface area contributed by atoms with Gasteiger partial charge in [0.1, 0.15) is 0 Å². The van der Waals surface area contributed by atoms with Gasteiger partial charge in [-0.15, -0.1) is 0 Å². The lowest BCUT2D eigenvalue weighted by Crippen LogP contribution is -2.43. The maximum atomic E-state index is 10.9. The highest BCUT2D eigenvalue weighted by atomic mass is 32.2. The summed E-state index contributed by atoms with van der Waals surface area (Å²) in [5, 5.41) is 8.72. The maximum Gasteiger partial charge on any atom is 0.276 e. The lowest BCUT2D eigenvalue weighted by atomic mass is 10.1. The Morgan fingerprint density at radius 2 is 1.92 bits per heavy atom. The molecule has 0 rings (SSSR count). The van der Waals surface area contributed by atoms with Crippen LogP contribution in [0.2, 0.25) is 0 Å². The van der Waals surface area contributed by atoms with E-state index in [0.29, 0.717) is 0 Å². The Labute approximate surface area is 73.4 Å². The van der Waals surface area contributed by atoms with Crippen LogP contribution in [-0.2, 0) is 10.2 Å². The zero-order valence-electron chi connectivity index (χ0n) is 7.53. The summed E-state index contributed by atoms with van der Waals surface area (Å²) in [4.78, 5) is 0. The lowest BCUT2D eigenvalue weighted by Gasteiger charge is -2.18. The van der Waals surface area contributed by atoms with Crippen LogP contribution in [0.3, 0.4) is 0 Å². The van der Waals surface area contributed by atoms with E-state index in [9.17, 15) is 8.42 Å². The lowest BCUT2D eigenvalue weighted by molar-refractivity contribution is 0.216. The third-order valence-corrected chi connectivity index (χ3v) is 2.97. The van der Waals surface area contributed by atoms with E-state index in [2.05, 4.69) is 9.44 Å². The van der Waals surface area contributed by atoms with Crippen molar-refractivity contribution < 1.29 is 13.5 Å². The average molecular weight is 196 g/mol. The summed E-state index contributed by atoms with van der Waals surface area (Å²) in [6.07, 6.45) is 0. The molecule has 0 saturated heterocycles. The number of hydrogen-bond donors (Lipinski definition) is 3. The third-order valence-electron chi connectivity index (χ3n) is 1.75. The molecule has 5 nitrogen and oxygen atoms in total. The minimum Gasteiger partial charge on any atom is -0.396 e. The van der Waals surface area contributed by atoms with Gasteiger partial charge in [0.15, 0.2) is 0 Å². The van der Waals surface area contributed by atoms with Crippen molar-refractivity contribution in [2.45, 2.75) is 19.9 Å². The van der Waals surface area contributed by atoms with E-state index in [1.165, 1.54) is 7.05 Å². The predicted molar refractivity (Wildman–Crippen MR) is 46.8 cm³/mol. The van der Waals surface area contributed by atoms with Crippen LogP contribution in [0, 0.1) is 5.92 Å². The van der Waals surface area contributed by atoms with Gasteiger partial charge < -0.3 is 5.11 Å². The van der Waals surface area contributed by atoms with Crippen LogP contribution in [0.4, 0.5) is 0 Å². The molecule has 12 heavy (non-hydrogen) atoms. The molecule has 0 amide bonds. The molecule has 0 radical (unpaired) electrons. The number of nitrogens with one attached hydrogen (secondary N) is 2. The number of hydrogen-bond acceptors (Lipinski definition) is 3. The summed E-state index contributed by atoms with van der Waals surface area (Å²) < 4.78 is 26.3. The van der Waals surface area contributed by atoms with Crippen LogP contribution in [-0.4, -0.2) is 33.2 Å². The van der Waals surface area contributed by atoms with Gasteiger partial charge in [0.2, 0.25) is 0 Å². The second-order valence-electron chi connectivity index (χ2n) is 2.77. The van der Waals surface area contributed by atoms with E-state index in [0.717, 1.165) is 0 Å². The molecule has 0 aromatic rings. The van der Waals surface area contributed by atoms with Gasteiger partial charge in [-0.3, -0.25) is 0 Å². The molecule has 2 atom stereocenters. The molecule has 0 aliphatic rings. The van der Waals surface area contributed by atoms with Gasteiger partial charge in [-0.1, -0.05) is 6.92 Å². The molecule has 3 N–H and O–H groups in total. The van der Waals surface area contributed by atoms with E-state index in [1.807, 2.05) is 0 Å². The molecular weight excluding hydrogens is 180 g/mol. The molecule has 0 aliphatic carbocycles. The average Bonchev–Trinajstić information content (AvgIpc) is 2.02. The van der Waals surface area contributed by atoms with E-state index in [1.54, 1.807) is 13.8 Å². The highest BCUT2D eigenvalue weighted by Crippen LogP contribution is 2.00. The minimum absolute atomic E-state index is 0.0343. The fourth-order valence-electron chi connectivity index (χ4n) is 0.578. The highest BCUT2D eigenvalue weighted by Gasteiger charge is 2.16. The number of rotatable bonds is 5. The highest BCUT2D eigenvalue weighted by molar-refractivity contribution is 7.87. The van der Waals surface area contributed by atoms with Crippen molar-refractivity contribution in [3.05, 3.63) is 0 Å². The molecule has 74 valence electrons. The zero-order valence-corrected chi connectivity index (χ0v) is 8.35. The Morgan fingerprint density at radius 3 is 2.25 bits per heavy atom. The summed E-state index contributed by atoms with van der Waals surface area (Å²) in [5.74, 6) is -0.0897. The monoisotopic (exact) mass is 196 g/mol. The fraction of sp³-hybridized carbons (Fsp3) is 1.00. The number of aliphatic hydroxyl groups excluding tert-OH is 1. The van der Waals surface area contributed by atoms with E-state index in [-0.39, 0.29) is 18.6 Å². The fourth-order valence-corrected chi connectivity index (χ4v) is 1.42. The normalized spacial score (nSPS) is 17.3. The third kappa shape index (κ3) is 4.01. The van der Waals surface area contributed by atoms with Crippen LogP contribution in [0.15, 0.2) is 0 Å². The molecule has 2 unspecified atom stereocenters. The van der Waals surface area contributed by atoms with Gasteiger partial charge in [-0.25, -0.2) is 4.72 Å². The quantitative estimate of drug-likeness (QED) is 0.531. The van der Waals surface area contributed by atoms with E-state index >= 15 is 0 Å². The molecule has 0 bridgehead atoms. The standard InChI is InChI=1S/C6H16N2O3S/c1-5(4-9)6(2)8-12(10,11)7-3/h5-9H,4H2,1-3H3. The zero-order chi connectivity index (χ0) is 9.78. The van der Waals surface area contributed by atoms with Crippen molar-refractivity contribution >= 4 is 10.2 Å². The van der Waals surface area contributed by atoms with Gasteiger partial charge in [0, 0.05) is 19.7 Å². The molecule has 6 heteroatoms. The molecule has 0 heterocycles. The molecule has 0 saturated carbocycles. The van der Waals surface area contributed by atoms with Crippen LogP contribution in [0.5, 0.6) is 0 Å². The first-order chi connectivity index (χ1) is 5.43. The second kappa shape index (κ2) is 4.76. The van der Waals surface area contributed by atoms with Crippen molar-refractivity contribution in [2.24, 2.45) is 5.92 Å². The van der Waals surface area contributed by atoms with Gasteiger partial charge >= 0.3 is 0 Å². The number of aliphatic hydroxyl groups is 1. The summed E-state index contributed by atoms with van der Waals surface area (Å²) in [7, 11) is -2.05. The van der Waals surface area contributed by atoms with Gasteiger partial charge in [-0.05, 0) is 12.8 Å². The smallest absolute Gasteiger partial charge is 0.276 e. The first-order valence-corrected chi connectivity index (χ1v) is 5.23. The van der Waals surface area contributed by atoms with Crippen molar-refractivity contribution in [2.75, 3.05) is 13.7 Å². The first kappa shape index (κ1) is 11.8. The van der Waals surface area contributed by atoms with Crippen molar-refractivity contribution in [1.82, 2.24) is 9.44 Å². The summed E-state index contributed by atoms with van der Waals surface area (Å²) >= 11 is 0. The first-order valence-electron chi connectivity index (χ1n) is 3.74. The summed E-state index contributed by atoms with van der Waals surface area (Å²) in [6.45, 7) is 3.44. The summed E-state index contributed by atoms with van der Waals surface area (Å²) in [5.41, 5.74) is 0. The Morgan fingerprint density at radius 1 is 1.42 bits per heavy atom. The molecular formula is C6H16N2O3S. The summed E-state index contributed by atoms with van der Waals surface area (Å²) in [6, 6.07) is -0.271. The molecule has 0 fully saturated rings. The largest absolute Gasteiger partial charge is 0.396 e. The van der Waals surface area contributed by atoms with Crippen molar-refractivity contribution in [3.63, 3.8) is 0 Å². The van der Waals surface area contributed by atoms with Crippen LogP contribution in [0.1, 0.15) is 13.8 Å².